The summed E-state index contributed by atoms with van der Waals surface area (Å²) in [5.74, 6) is 0.145. The topological polar surface area (TPSA) is 49.6 Å². The van der Waals surface area contributed by atoms with Gasteiger partial charge in [-0.25, -0.2) is 0 Å². The third-order valence-corrected chi connectivity index (χ3v) is 3.67. The molecule has 1 rings (SSSR count). The van der Waals surface area contributed by atoms with Gasteiger partial charge in [0.05, 0.1) is 0 Å². The molecule has 1 aliphatic rings. The number of likely N-dealkylation sites (tertiary alicyclic amines) is 1. The first-order chi connectivity index (χ1) is 7.60. The number of hydrogen-bond acceptors (Lipinski definition) is 3. The molecule has 1 unspecified atom stereocenters. The van der Waals surface area contributed by atoms with Gasteiger partial charge in [-0.3, -0.25) is 4.79 Å². The molecule has 4 nitrogen and oxygen atoms in total. The Morgan fingerprint density at radius 3 is 2.50 bits per heavy atom. The summed E-state index contributed by atoms with van der Waals surface area (Å²) in [4.78, 5) is 16.3. The molecule has 1 atom stereocenters. The molecule has 0 spiro atoms. The number of carbonyl (C=O) groups is 1. The fourth-order valence-corrected chi connectivity index (χ4v) is 2.25. The maximum Gasteiger partial charge on any atom is 0.226 e. The molecule has 4 heteroatoms. The Bertz CT molecular complexity index is 224. The van der Waals surface area contributed by atoms with Gasteiger partial charge in [-0.05, 0) is 19.4 Å². The summed E-state index contributed by atoms with van der Waals surface area (Å²) in [5, 5.41) is 0. The predicted molar refractivity (Wildman–Crippen MR) is 66.1 cm³/mol. The van der Waals surface area contributed by atoms with E-state index in [0.29, 0.717) is 12.6 Å². The molecular formula is C12H25N3O. The van der Waals surface area contributed by atoms with E-state index in [2.05, 4.69) is 11.8 Å². The lowest BCUT2D eigenvalue weighted by Crippen LogP contribution is -2.47. The average molecular weight is 227 g/mol. The summed E-state index contributed by atoms with van der Waals surface area (Å²) >= 11 is 0. The Morgan fingerprint density at radius 1 is 1.50 bits per heavy atom. The summed E-state index contributed by atoms with van der Waals surface area (Å²) < 4.78 is 0. The van der Waals surface area contributed by atoms with E-state index < -0.39 is 0 Å². The van der Waals surface area contributed by atoms with E-state index >= 15 is 0 Å². The Hall–Kier alpha value is -0.610. The molecule has 1 aliphatic heterocycles. The quantitative estimate of drug-likeness (QED) is 0.762. The maximum absolute atomic E-state index is 12.0. The SMILES string of the molecule is CCN1CCC(N(C)C(=O)C(C)CN)CC1. The largest absolute Gasteiger partial charge is 0.342 e. The summed E-state index contributed by atoms with van der Waals surface area (Å²) in [6.07, 6.45) is 2.18. The minimum atomic E-state index is -0.0470. The van der Waals surface area contributed by atoms with Crippen LogP contribution in [0.5, 0.6) is 0 Å². The van der Waals surface area contributed by atoms with Crippen LogP contribution in [0, 0.1) is 5.92 Å². The van der Waals surface area contributed by atoms with Gasteiger partial charge in [0.1, 0.15) is 0 Å². The van der Waals surface area contributed by atoms with Crippen molar-refractivity contribution in [2.45, 2.75) is 32.7 Å². The highest BCUT2D eigenvalue weighted by atomic mass is 16.2. The van der Waals surface area contributed by atoms with E-state index in [1.165, 1.54) is 0 Å². The molecule has 16 heavy (non-hydrogen) atoms. The van der Waals surface area contributed by atoms with Crippen LogP contribution < -0.4 is 5.73 Å². The van der Waals surface area contributed by atoms with Crippen LogP contribution in [0.4, 0.5) is 0 Å². The minimum absolute atomic E-state index is 0.0470. The molecule has 0 aromatic rings. The molecule has 2 N–H and O–H groups in total. The van der Waals surface area contributed by atoms with E-state index in [0.717, 1.165) is 32.5 Å². The van der Waals surface area contributed by atoms with Crippen LogP contribution in [-0.4, -0.2) is 55.0 Å². The van der Waals surface area contributed by atoms with E-state index in [4.69, 9.17) is 5.73 Å². The van der Waals surface area contributed by atoms with E-state index in [9.17, 15) is 4.79 Å². The lowest BCUT2D eigenvalue weighted by atomic mass is 10.0. The van der Waals surface area contributed by atoms with Gasteiger partial charge in [-0.15, -0.1) is 0 Å². The summed E-state index contributed by atoms with van der Waals surface area (Å²) in [7, 11) is 1.92. The fraction of sp³-hybridized carbons (Fsp3) is 0.917. The predicted octanol–water partition coefficient (Wildman–Crippen LogP) is 0.524. The normalized spacial score (nSPS) is 20.8. The second-order valence-electron chi connectivity index (χ2n) is 4.75. The van der Waals surface area contributed by atoms with Crippen LogP contribution in [0.1, 0.15) is 26.7 Å². The highest BCUT2D eigenvalue weighted by Crippen LogP contribution is 2.16. The summed E-state index contributed by atoms with van der Waals surface area (Å²) in [6, 6.07) is 0.407. The van der Waals surface area contributed by atoms with Crippen molar-refractivity contribution in [3.05, 3.63) is 0 Å². The second kappa shape index (κ2) is 6.21. The van der Waals surface area contributed by atoms with E-state index in [1.807, 2.05) is 18.9 Å². The Balaban J connectivity index is 2.43. The monoisotopic (exact) mass is 227 g/mol. The van der Waals surface area contributed by atoms with Crippen molar-refractivity contribution in [2.75, 3.05) is 33.2 Å². The Labute approximate surface area is 98.8 Å². The third-order valence-electron chi connectivity index (χ3n) is 3.67. The van der Waals surface area contributed by atoms with E-state index in [1.54, 1.807) is 0 Å². The molecule has 0 aliphatic carbocycles. The smallest absolute Gasteiger partial charge is 0.226 e. The molecule has 1 heterocycles. The van der Waals surface area contributed by atoms with E-state index in [-0.39, 0.29) is 11.8 Å². The summed E-state index contributed by atoms with van der Waals surface area (Å²) in [5.41, 5.74) is 5.53. The van der Waals surface area contributed by atoms with Crippen LogP contribution in [0.25, 0.3) is 0 Å². The number of amides is 1. The van der Waals surface area contributed by atoms with Gasteiger partial charge < -0.3 is 15.5 Å². The molecule has 1 saturated heterocycles. The van der Waals surface area contributed by atoms with Crippen molar-refractivity contribution in [3.8, 4) is 0 Å². The van der Waals surface area contributed by atoms with Crippen molar-refractivity contribution in [2.24, 2.45) is 11.7 Å². The van der Waals surface area contributed by atoms with Crippen LogP contribution >= 0.6 is 0 Å². The van der Waals surface area contributed by atoms with Crippen molar-refractivity contribution in [1.29, 1.82) is 0 Å². The zero-order valence-corrected chi connectivity index (χ0v) is 10.8. The fourth-order valence-electron chi connectivity index (χ4n) is 2.25. The molecule has 0 bridgehead atoms. The molecule has 1 fully saturated rings. The van der Waals surface area contributed by atoms with Crippen LogP contribution in [0.2, 0.25) is 0 Å². The first-order valence-electron chi connectivity index (χ1n) is 6.29. The maximum atomic E-state index is 12.0. The van der Waals surface area contributed by atoms with Crippen molar-refractivity contribution >= 4 is 5.91 Å². The van der Waals surface area contributed by atoms with Crippen LogP contribution in [0.15, 0.2) is 0 Å². The lowest BCUT2D eigenvalue weighted by molar-refractivity contribution is -0.136. The minimum Gasteiger partial charge on any atom is -0.342 e. The Kier molecular flexibility index (Phi) is 5.22. The van der Waals surface area contributed by atoms with Gasteiger partial charge in [-0.1, -0.05) is 13.8 Å². The number of rotatable bonds is 4. The van der Waals surface area contributed by atoms with Crippen LogP contribution in [0.3, 0.4) is 0 Å². The molecule has 0 radical (unpaired) electrons. The lowest BCUT2D eigenvalue weighted by Gasteiger charge is -2.37. The molecule has 0 aromatic heterocycles. The summed E-state index contributed by atoms with van der Waals surface area (Å²) in [6.45, 7) is 7.86. The van der Waals surface area contributed by atoms with Gasteiger partial charge in [0.15, 0.2) is 0 Å². The number of nitrogens with two attached hydrogens (primary N) is 1. The standard InChI is InChI=1S/C12H25N3O/c1-4-15-7-5-11(6-8-15)14(3)12(16)10(2)9-13/h10-11H,4-9,13H2,1-3H3. The first-order valence-corrected chi connectivity index (χ1v) is 6.29. The number of hydrogen-bond donors (Lipinski definition) is 1. The number of carbonyl (C=O) groups excluding carboxylic acids is 1. The Morgan fingerprint density at radius 2 is 2.06 bits per heavy atom. The second-order valence-corrected chi connectivity index (χ2v) is 4.75. The first kappa shape index (κ1) is 13.5. The molecule has 0 saturated carbocycles. The molecule has 94 valence electrons. The van der Waals surface area contributed by atoms with Gasteiger partial charge in [0.25, 0.3) is 0 Å². The van der Waals surface area contributed by atoms with Crippen molar-refractivity contribution < 1.29 is 4.79 Å². The molecular weight excluding hydrogens is 202 g/mol. The number of nitrogens with zero attached hydrogens (tertiary/aromatic N) is 2. The number of piperidine rings is 1. The highest BCUT2D eigenvalue weighted by Gasteiger charge is 2.26. The van der Waals surface area contributed by atoms with Gasteiger partial charge in [0, 0.05) is 38.6 Å². The van der Waals surface area contributed by atoms with Gasteiger partial charge in [0.2, 0.25) is 5.91 Å². The highest BCUT2D eigenvalue weighted by molar-refractivity contribution is 5.78. The van der Waals surface area contributed by atoms with Gasteiger partial charge >= 0.3 is 0 Å². The van der Waals surface area contributed by atoms with Crippen molar-refractivity contribution in [3.63, 3.8) is 0 Å². The zero-order chi connectivity index (χ0) is 12.1. The van der Waals surface area contributed by atoms with Crippen molar-refractivity contribution in [1.82, 2.24) is 9.80 Å². The zero-order valence-electron chi connectivity index (χ0n) is 10.8. The molecule has 1 amide bonds. The molecule has 0 aromatic carbocycles. The third kappa shape index (κ3) is 3.19. The van der Waals surface area contributed by atoms with Gasteiger partial charge in [-0.2, -0.15) is 0 Å². The average Bonchev–Trinajstić information content (AvgIpc) is 2.36. The van der Waals surface area contributed by atoms with Crippen LogP contribution in [-0.2, 0) is 4.79 Å².